The molecule has 118 valence electrons. The summed E-state index contributed by atoms with van der Waals surface area (Å²) in [6.07, 6.45) is 6.33. The lowest BCUT2D eigenvalue weighted by Crippen LogP contribution is -2.18. The Hall–Kier alpha value is -1.71. The van der Waals surface area contributed by atoms with Crippen LogP contribution in [0.4, 0.5) is 11.4 Å². The number of nitrogen functional groups attached to an aromatic ring is 1. The first kappa shape index (κ1) is 17.3. The Morgan fingerprint density at radius 1 is 1.19 bits per heavy atom. The highest BCUT2D eigenvalue weighted by atomic mass is 16.1. The van der Waals surface area contributed by atoms with E-state index < -0.39 is 0 Å². The molecule has 1 rings (SSSR count). The monoisotopic (exact) mass is 291 g/mol. The number of hydrogen-bond acceptors (Lipinski definition) is 3. The molecule has 0 aromatic heterocycles. The standard InChI is InChI=1S/C17H29N3O/c1-13(2)8-6-4-5-7-11-20-16-10-9-14(12-15(16)18)17(21)19-3/h9-10,12-13,20H,4-8,11,18H2,1-3H3,(H,19,21). The highest BCUT2D eigenvalue weighted by Gasteiger charge is 2.06. The Kier molecular flexibility index (Phi) is 7.65. The molecule has 21 heavy (non-hydrogen) atoms. The third-order valence-corrected chi connectivity index (χ3v) is 3.56. The van der Waals surface area contributed by atoms with Gasteiger partial charge in [-0.15, -0.1) is 0 Å². The van der Waals surface area contributed by atoms with Crippen molar-refractivity contribution in [2.45, 2.75) is 46.0 Å². The van der Waals surface area contributed by atoms with Crippen LogP contribution < -0.4 is 16.4 Å². The fraction of sp³-hybridized carbons (Fsp3) is 0.588. The maximum Gasteiger partial charge on any atom is 0.251 e. The van der Waals surface area contributed by atoms with Gasteiger partial charge in [0.25, 0.3) is 5.91 Å². The first-order valence-electron chi connectivity index (χ1n) is 7.90. The second-order valence-corrected chi connectivity index (χ2v) is 5.90. The normalized spacial score (nSPS) is 10.7. The molecule has 0 saturated carbocycles. The predicted molar refractivity (Wildman–Crippen MR) is 90.7 cm³/mol. The van der Waals surface area contributed by atoms with E-state index in [1.54, 1.807) is 19.2 Å². The zero-order valence-corrected chi connectivity index (χ0v) is 13.5. The van der Waals surface area contributed by atoms with E-state index in [1.165, 1.54) is 25.7 Å². The minimum atomic E-state index is -0.113. The molecule has 0 aliphatic rings. The summed E-state index contributed by atoms with van der Waals surface area (Å²) >= 11 is 0. The van der Waals surface area contributed by atoms with Crippen LogP contribution in [0.2, 0.25) is 0 Å². The van der Waals surface area contributed by atoms with Gasteiger partial charge in [0.05, 0.1) is 11.4 Å². The average molecular weight is 291 g/mol. The van der Waals surface area contributed by atoms with Crippen LogP contribution in [-0.4, -0.2) is 19.5 Å². The molecule has 1 aromatic rings. The molecule has 0 bridgehead atoms. The van der Waals surface area contributed by atoms with Gasteiger partial charge in [0.1, 0.15) is 0 Å². The van der Waals surface area contributed by atoms with Crippen LogP contribution in [0.5, 0.6) is 0 Å². The summed E-state index contributed by atoms with van der Waals surface area (Å²) in [4.78, 5) is 11.5. The number of nitrogens with one attached hydrogen (secondary N) is 2. The number of rotatable bonds is 9. The molecule has 0 radical (unpaired) electrons. The van der Waals surface area contributed by atoms with E-state index in [0.717, 1.165) is 24.6 Å². The summed E-state index contributed by atoms with van der Waals surface area (Å²) in [5.41, 5.74) is 8.09. The van der Waals surface area contributed by atoms with Crippen molar-refractivity contribution >= 4 is 17.3 Å². The highest BCUT2D eigenvalue weighted by Crippen LogP contribution is 2.20. The van der Waals surface area contributed by atoms with Gasteiger partial charge in [0, 0.05) is 19.2 Å². The molecule has 0 spiro atoms. The van der Waals surface area contributed by atoms with Crippen molar-refractivity contribution in [1.29, 1.82) is 0 Å². The first-order valence-corrected chi connectivity index (χ1v) is 7.90. The van der Waals surface area contributed by atoms with E-state index >= 15 is 0 Å². The Bertz CT molecular complexity index is 444. The van der Waals surface area contributed by atoms with Crippen molar-refractivity contribution in [2.24, 2.45) is 5.92 Å². The van der Waals surface area contributed by atoms with E-state index in [1.807, 2.05) is 6.07 Å². The lowest BCUT2D eigenvalue weighted by Gasteiger charge is -2.11. The fourth-order valence-electron chi connectivity index (χ4n) is 2.26. The summed E-state index contributed by atoms with van der Waals surface area (Å²) in [7, 11) is 1.62. The van der Waals surface area contributed by atoms with Crippen LogP contribution in [0.15, 0.2) is 18.2 Å². The Balaban J connectivity index is 2.28. The molecule has 0 atom stereocenters. The number of anilines is 2. The van der Waals surface area contributed by atoms with Crippen LogP contribution in [0.1, 0.15) is 56.3 Å². The van der Waals surface area contributed by atoms with Gasteiger partial charge in [0.2, 0.25) is 0 Å². The van der Waals surface area contributed by atoms with Gasteiger partial charge in [-0.3, -0.25) is 4.79 Å². The molecule has 1 amide bonds. The van der Waals surface area contributed by atoms with Gasteiger partial charge in [-0.1, -0.05) is 39.5 Å². The van der Waals surface area contributed by atoms with Crippen LogP contribution >= 0.6 is 0 Å². The Morgan fingerprint density at radius 2 is 1.90 bits per heavy atom. The lowest BCUT2D eigenvalue weighted by molar-refractivity contribution is 0.0963. The molecule has 1 aromatic carbocycles. The molecule has 0 aliphatic carbocycles. The van der Waals surface area contributed by atoms with Crippen LogP contribution in [0.3, 0.4) is 0 Å². The smallest absolute Gasteiger partial charge is 0.251 e. The number of hydrogen-bond donors (Lipinski definition) is 3. The van der Waals surface area contributed by atoms with Gasteiger partial charge in [0.15, 0.2) is 0 Å². The summed E-state index contributed by atoms with van der Waals surface area (Å²) < 4.78 is 0. The zero-order valence-electron chi connectivity index (χ0n) is 13.5. The largest absolute Gasteiger partial charge is 0.397 e. The molecule has 0 aliphatic heterocycles. The summed E-state index contributed by atoms with van der Waals surface area (Å²) in [6, 6.07) is 5.38. The highest BCUT2D eigenvalue weighted by molar-refractivity contribution is 5.95. The third-order valence-electron chi connectivity index (χ3n) is 3.56. The average Bonchev–Trinajstić information content (AvgIpc) is 2.46. The van der Waals surface area contributed by atoms with Gasteiger partial charge < -0.3 is 16.4 Å². The number of amides is 1. The number of unbranched alkanes of at least 4 members (excludes halogenated alkanes) is 3. The number of benzene rings is 1. The van der Waals surface area contributed by atoms with Crippen LogP contribution in [0, 0.1) is 5.92 Å². The lowest BCUT2D eigenvalue weighted by atomic mass is 10.0. The molecule has 0 fully saturated rings. The van der Waals surface area contributed by atoms with Gasteiger partial charge in [-0.2, -0.15) is 0 Å². The summed E-state index contributed by atoms with van der Waals surface area (Å²) in [5.74, 6) is 0.695. The minimum Gasteiger partial charge on any atom is -0.397 e. The topological polar surface area (TPSA) is 67.2 Å². The maximum absolute atomic E-state index is 11.5. The molecule has 4 heteroatoms. The molecular weight excluding hydrogens is 262 g/mol. The van der Waals surface area contributed by atoms with Crippen molar-refractivity contribution in [2.75, 3.05) is 24.6 Å². The summed E-state index contributed by atoms with van der Waals surface area (Å²) in [5, 5.41) is 5.93. The van der Waals surface area contributed by atoms with Gasteiger partial charge in [-0.25, -0.2) is 0 Å². The Morgan fingerprint density at radius 3 is 2.52 bits per heavy atom. The van der Waals surface area contributed by atoms with Crippen LogP contribution in [0.25, 0.3) is 0 Å². The Labute approximate surface area is 128 Å². The fourth-order valence-corrected chi connectivity index (χ4v) is 2.26. The second kappa shape index (κ2) is 9.27. The zero-order chi connectivity index (χ0) is 15.7. The molecule has 0 saturated heterocycles. The predicted octanol–water partition coefficient (Wildman–Crippen LogP) is 3.65. The van der Waals surface area contributed by atoms with E-state index in [0.29, 0.717) is 11.3 Å². The second-order valence-electron chi connectivity index (χ2n) is 5.90. The molecule has 0 heterocycles. The van der Waals surface area contributed by atoms with E-state index in [4.69, 9.17) is 5.73 Å². The minimum absolute atomic E-state index is 0.113. The number of carbonyl (C=O) groups excluding carboxylic acids is 1. The van der Waals surface area contributed by atoms with Crippen molar-refractivity contribution < 1.29 is 4.79 Å². The van der Waals surface area contributed by atoms with Crippen molar-refractivity contribution in [1.82, 2.24) is 5.32 Å². The quantitative estimate of drug-likeness (QED) is 0.480. The molecule has 0 unspecified atom stereocenters. The van der Waals surface area contributed by atoms with E-state index in [-0.39, 0.29) is 5.91 Å². The van der Waals surface area contributed by atoms with Crippen molar-refractivity contribution in [3.8, 4) is 0 Å². The van der Waals surface area contributed by atoms with Gasteiger partial charge in [-0.05, 0) is 30.5 Å². The molecule has 4 nitrogen and oxygen atoms in total. The summed E-state index contributed by atoms with van der Waals surface area (Å²) in [6.45, 7) is 5.46. The van der Waals surface area contributed by atoms with Crippen molar-refractivity contribution in [3.63, 3.8) is 0 Å². The molecular formula is C17H29N3O. The van der Waals surface area contributed by atoms with Crippen LogP contribution in [-0.2, 0) is 0 Å². The number of carbonyl (C=O) groups is 1. The maximum atomic E-state index is 11.5. The molecule has 4 N–H and O–H groups in total. The van der Waals surface area contributed by atoms with E-state index in [9.17, 15) is 4.79 Å². The van der Waals surface area contributed by atoms with E-state index in [2.05, 4.69) is 24.5 Å². The third kappa shape index (κ3) is 6.52. The van der Waals surface area contributed by atoms with Crippen molar-refractivity contribution in [3.05, 3.63) is 23.8 Å². The van der Waals surface area contributed by atoms with Gasteiger partial charge >= 0.3 is 0 Å². The first-order chi connectivity index (χ1) is 10.0. The SMILES string of the molecule is CNC(=O)c1ccc(NCCCCCCC(C)C)c(N)c1. The number of nitrogens with two attached hydrogens (primary N) is 1.